The number of hydrogen-bond donors (Lipinski definition) is 2. The van der Waals surface area contributed by atoms with Gasteiger partial charge in [0.1, 0.15) is 0 Å². The zero-order chi connectivity index (χ0) is 13.1. The molecule has 0 spiro atoms. The van der Waals surface area contributed by atoms with Crippen LogP contribution in [0.15, 0.2) is 0 Å². The highest BCUT2D eigenvalue weighted by molar-refractivity contribution is 7.99. The monoisotopic (exact) mass is 259 g/mol. The summed E-state index contributed by atoms with van der Waals surface area (Å²) in [6.07, 6.45) is 0.884. The van der Waals surface area contributed by atoms with Crippen LogP contribution >= 0.6 is 11.8 Å². The average molecular weight is 259 g/mol. The zero-order valence-electron chi connectivity index (χ0n) is 10.7. The number of carbonyl (C=O) groups excluding carboxylic acids is 1. The van der Waals surface area contributed by atoms with Gasteiger partial charge >= 0.3 is 5.97 Å². The molecular weight excluding hydrogens is 238 g/mol. The maximum atomic E-state index is 12.0. The summed E-state index contributed by atoms with van der Waals surface area (Å²) in [4.78, 5) is 22.8. The van der Waals surface area contributed by atoms with Crippen LogP contribution in [0.4, 0.5) is 0 Å². The van der Waals surface area contributed by atoms with Gasteiger partial charge in [-0.2, -0.15) is 11.8 Å². The summed E-state index contributed by atoms with van der Waals surface area (Å²) in [5, 5.41) is 11.8. The minimum Gasteiger partial charge on any atom is -0.481 e. The molecule has 0 saturated carbocycles. The predicted octanol–water partition coefficient (Wildman–Crippen LogP) is 1.75. The second-order valence-electron chi connectivity index (χ2n) is 5.59. The van der Waals surface area contributed by atoms with Crippen molar-refractivity contribution in [1.82, 2.24) is 5.32 Å². The predicted molar refractivity (Wildman–Crippen MR) is 69.1 cm³/mol. The summed E-state index contributed by atoms with van der Waals surface area (Å²) in [5.74, 6) is 1.08. The van der Waals surface area contributed by atoms with Crippen molar-refractivity contribution in [3.8, 4) is 0 Å². The quantitative estimate of drug-likeness (QED) is 0.807. The third kappa shape index (κ3) is 4.58. The SMILES string of the molecule is CC(C)(C)C(CC(=O)O)NC(=O)C1CCSC1. The van der Waals surface area contributed by atoms with E-state index in [-0.39, 0.29) is 29.7 Å². The van der Waals surface area contributed by atoms with Crippen molar-refractivity contribution in [2.75, 3.05) is 11.5 Å². The largest absolute Gasteiger partial charge is 0.481 e. The molecule has 1 heterocycles. The van der Waals surface area contributed by atoms with Crippen molar-refractivity contribution in [2.45, 2.75) is 39.7 Å². The zero-order valence-corrected chi connectivity index (χ0v) is 11.5. The molecule has 1 fully saturated rings. The third-order valence-electron chi connectivity index (χ3n) is 3.04. The number of hydrogen-bond acceptors (Lipinski definition) is 3. The van der Waals surface area contributed by atoms with E-state index < -0.39 is 5.97 Å². The van der Waals surface area contributed by atoms with Crippen LogP contribution in [0.1, 0.15) is 33.6 Å². The number of carbonyl (C=O) groups is 2. The lowest BCUT2D eigenvalue weighted by atomic mass is 9.84. The van der Waals surface area contributed by atoms with Crippen molar-refractivity contribution in [3.63, 3.8) is 0 Å². The third-order valence-corrected chi connectivity index (χ3v) is 4.20. The molecule has 4 nitrogen and oxygen atoms in total. The van der Waals surface area contributed by atoms with Gasteiger partial charge < -0.3 is 10.4 Å². The molecule has 1 aliphatic rings. The fraction of sp³-hybridized carbons (Fsp3) is 0.833. The summed E-state index contributed by atoms with van der Waals surface area (Å²) >= 11 is 1.78. The van der Waals surface area contributed by atoms with E-state index in [1.807, 2.05) is 20.8 Å². The second kappa shape index (κ2) is 5.76. The summed E-state index contributed by atoms with van der Waals surface area (Å²) < 4.78 is 0. The Labute approximate surface area is 107 Å². The van der Waals surface area contributed by atoms with Crippen molar-refractivity contribution in [3.05, 3.63) is 0 Å². The van der Waals surface area contributed by atoms with Gasteiger partial charge in [0.2, 0.25) is 5.91 Å². The van der Waals surface area contributed by atoms with Gasteiger partial charge in [0.15, 0.2) is 0 Å². The van der Waals surface area contributed by atoms with E-state index in [2.05, 4.69) is 5.32 Å². The molecule has 1 saturated heterocycles. The summed E-state index contributed by atoms with van der Waals surface area (Å²) in [6.45, 7) is 5.85. The van der Waals surface area contributed by atoms with Crippen molar-refractivity contribution >= 4 is 23.6 Å². The molecular formula is C12H21NO3S. The lowest BCUT2D eigenvalue weighted by Gasteiger charge is -2.31. The first-order chi connectivity index (χ1) is 7.80. The highest BCUT2D eigenvalue weighted by Gasteiger charge is 2.31. The number of amides is 1. The highest BCUT2D eigenvalue weighted by Crippen LogP contribution is 2.26. The Hall–Kier alpha value is -0.710. The van der Waals surface area contributed by atoms with Gasteiger partial charge in [-0.15, -0.1) is 0 Å². The fourth-order valence-electron chi connectivity index (χ4n) is 1.78. The van der Waals surface area contributed by atoms with Crippen LogP contribution in [-0.2, 0) is 9.59 Å². The van der Waals surface area contributed by atoms with Gasteiger partial charge in [-0.05, 0) is 17.6 Å². The number of nitrogens with one attached hydrogen (secondary N) is 1. The Kier molecular flexibility index (Phi) is 4.86. The van der Waals surface area contributed by atoms with Crippen LogP contribution in [0.5, 0.6) is 0 Å². The Morgan fingerprint density at radius 1 is 1.47 bits per heavy atom. The van der Waals surface area contributed by atoms with Crippen molar-refractivity contribution in [2.24, 2.45) is 11.3 Å². The van der Waals surface area contributed by atoms with Crippen LogP contribution in [0.25, 0.3) is 0 Å². The average Bonchev–Trinajstić information content (AvgIpc) is 2.66. The molecule has 0 aromatic carbocycles. The van der Waals surface area contributed by atoms with Crippen LogP contribution in [-0.4, -0.2) is 34.5 Å². The molecule has 5 heteroatoms. The molecule has 1 amide bonds. The van der Waals surface area contributed by atoms with E-state index in [1.54, 1.807) is 11.8 Å². The van der Waals surface area contributed by atoms with Gasteiger partial charge in [0.25, 0.3) is 0 Å². The minimum absolute atomic E-state index is 0.0103. The molecule has 0 radical (unpaired) electrons. The summed E-state index contributed by atoms with van der Waals surface area (Å²) in [5.41, 5.74) is -0.236. The number of carboxylic acid groups (broad SMARTS) is 1. The normalized spacial score (nSPS) is 22.2. The van der Waals surface area contributed by atoms with E-state index in [0.29, 0.717) is 0 Å². The molecule has 0 aromatic rings. The Morgan fingerprint density at radius 2 is 2.12 bits per heavy atom. The minimum atomic E-state index is -0.869. The molecule has 2 atom stereocenters. The maximum Gasteiger partial charge on any atom is 0.305 e. The summed E-state index contributed by atoms with van der Waals surface area (Å²) in [6, 6.07) is -0.307. The Balaban J connectivity index is 2.59. The second-order valence-corrected chi connectivity index (χ2v) is 6.74. The van der Waals surface area contributed by atoms with E-state index in [1.165, 1.54) is 0 Å². The van der Waals surface area contributed by atoms with Gasteiger partial charge in [0.05, 0.1) is 6.42 Å². The van der Waals surface area contributed by atoms with Gasteiger partial charge in [-0.1, -0.05) is 20.8 Å². The van der Waals surface area contributed by atoms with E-state index in [9.17, 15) is 9.59 Å². The topological polar surface area (TPSA) is 66.4 Å². The molecule has 0 bridgehead atoms. The van der Waals surface area contributed by atoms with E-state index in [0.717, 1.165) is 17.9 Å². The number of thioether (sulfide) groups is 1. The fourth-order valence-corrected chi connectivity index (χ4v) is 3.00. The lowest BCUT2D eigenvalue weighted by molar-refractivity contribution is -0.138. The van der Waals surface area contributed by atoms with Crippen molar-refractivity contribution < 1.29 is 14.7 Å². The standard InChI is InChI=1S/C12H21NO3S/c1-12(2,3)9(6-10(14)15)13-11(16)8-4-5-17-7-8/h8-9H,4-7H2,1-3H3,(H,13,16)(H,14,15). The molecule has 2 unspecified atom stereocenters. The van der Waals surface area contributed by atoms with Crippen LogP contribution in [0.3, 0.4) is 0 Å². The van der Waals surface area contributed by atoms with E-state index in [4.69, 9.17) is 5.11 Å². The smallest absolute Gasteiger partial charge is 0.305 e. The molecule has 0 aromatic heterocycles. The number of aliphatic carboxylic acids is 1. The maximum absolute atomic E-state index is 12.0. The molecule has 17 heavy (non-hydrogen) atoms. The number of rotatable bonds is 4. The van der Waals surface area contributed by atoms with Gasteiger partial charge in [-0.3, -0.25) is 9.59 Å². The van der Waals surface area contributed by atoms with Crippen molar-refractivity contribution in [1.29, 1.82) is 0 Å². The van der Waals surface area contributed by atoms with Crippen LogP contribution in [0.2, 0.25) is 0 Å². The highest BCUT2D eigenvalue weighted by atomic mass is 32.2. The lowest BCUT2D eigenvalue weighted by Crippen LogP contribution is -2.47. The molecule has 1 aliphatic heterocycles. The molecule has 1 rings (SSSR count). The first kappa shape index (κ1) is 14.4. The van der Waals surface area contributed by atoms with E-state index >= 15 is 0 Å². The van der Waals surface area contributed by atoms with Gasteiger partial charge in [0, 0.05) is 17.7 Å². The summed E-state index contributed by atoms with van der Waals surface area (Å²) in [7, 11) is 0. The van der Waals surface area contributed by atoms with Gasteiger partial charge in [-0.25, -0.2) is 0 Å². The number of carboxylic acids is 1. The Morgan fingerprint density at radius 3 is 2.53 bits per heavy atom. The molecule has 2 N–H and O–H groups in total. The molecule has 98 valence electrons. The molecule has 0 aliphatic carbocycles. The first-order valence-corrected chi connectivity index (χ1v) is 7.06. The van der Waals surface area contributed by atoms with Crippen LogP contribution in [0, 0.1) is 11.3 Å². The first-order valence-electron chi connectivity index (χ1n) is 5.90. The van der Waals surface area contributed by atoms with Crippen LogP contribution < -0.4 is 5.32 Å². The Bertz CT molecular complexity index is 293.